The van der Waals surface area contributed by atoms with Crippen LogP contribution >= 0.6 is 10.9 Å². The van der Waals surface area contributed by atoms with E-state index in [9.17, 15) is 14.7 Å². The summed E-state index contributed by atoms with van der Waals surface area (Å²) in [4.78, 5) is 23.3. The Bertz CT molecular complexity index is 433. The fraction of sp³-hybridized carbons (Fsp3) is 0.700. The van der Waals surface area contributed by atoms with Crippen molar-refractivity contribution >= 4 is 22.8 Å². The summed E-state index contributed by atoms with van der Waals surface area (Å²) in [6.45, 7) is 2.21. The summed E-state index contributed by atoms with van der Waals surface area (Å²) < 4.78 is 4.79. The van der Waals surface area contributed by atoms with Crippen LogP contribution in [-0.2, 0) is 14.3 Å². The van der Waals surface area contributed by atoms with Crippen LogP contribution in [0.3, 0.4) is 0 Å². The van der Waals surface area contributed by atoms with Crippen molar-refractivity contribution in [1.82, 2.24) is 0 Å². The standard InChI is InChI=1S/C20H34O4S/c1-2-3-4-5-6-7-8-9-12-19(22)24-20(23)17-18(21)13-16-25-14-10-11-15-25/h10-11,14-15,18,21,25H,2-9,12-13,16-17H2,1H3. The van der Waals surface area contributed by atoms with Gasteiger partial charge in [-0.1, -0.05) is 64.0 Å². The molecule has 0 aliphatic carbocycles. The highest BCUT2D eigenvalue weighted by atomic mass is 32.2. The summed E-state index contributed by atoms with van der Waals surface area (Å²) in [6.07, 6.45) is 13.3. The minimum Gasteiger partial charge on any atom is -0.393 e. The minimum atomic E-state index is -0.728. The smallest absolute Gasteiger partial charge is 0.316 e. The van der Waals surface area contributed by atoms with Crippen molar-refractivity contribution in [2.24, 2.45) is 0 Å². The van der Waals surface area contributed by atoms with E-state index in [1.165, 1.54) is 32.1 Å². The number of carbonyl (C=O) groups is 2. The van der Waals surface area contributed by atoms with Crippen LogP contribution < -0.4 is 0 Å². The molecule has 0 radical (unpaired) electrons. The highest BCUT2D eigenvalue weighted by molar-refractivity contribution is 8.22. The second-order valence-corrected chi connectivity index (χ2v) is 8.71. The first kappa shape index (κ1) is 22.0. The van der Waals surface area contributed by atoms with Gasteiger partial charge in [-0.3, -0.25) is 9.59 Å². The van der Waals surface area contributed by atoms with Crippen LogP contribution in [0.1, 0.15) is 77.6 Å². The molecule has 0 spiro atoms. The normalized spacial score (nSPS) is 15.5. The van der Waals surface area contributed by atoms with Gasteiger partial charge in [0.15, 0.2) is 0 Å². The lowest BCUT2D eigenvalue weighted by Crippen LogP contribution is -2.19. The molecular formula is C20H34O4S. The molecule has 0 saturated carbocycles. The molecule has 0 saturated heterocycles. The second kappa shape index (κ2) is 14.1. The van der Waals surface area contributed by atoms with Gasteiger partial charge in [-0.15, -0.1) is 0 Å². The number of rotatable bonds is 14. The molecule has 0 bridgehead atoms. The van der Waals surface area contributed by atoms with E-state index in [2.05, 4.69) is 17.7 Å². The van der Waals surface area contributed by atoms with Crippen molar-refractivity contribution in [1.29, 1.82) is 0 Å². The summed E-state index contributed by atoms with van der Waals surface area (Å²) in [5.74, 6) is -0.209. The fourth-order valence-corrected chi connectivity index (χ4v) is 4.37. The van der Waals surface area contributed by atoms with Crippen LogP contribution in [0, 0.1) is 0 Å². The molecule has 4 nitrogen and oxygen atoms in total. The third-order valence-corrected chi connectivity index (χ3v) is 6.14. The highest BCUT2D eigenvalue weighted by Gasteiger charge is 2.16. The summed E-state index contributed by atoms with van der Waals surface area (Å²) in [6, 6.07) is 0. The number of hydrogen-bond donors (Lipinski definition) is 2. The zero-order valence-corrected chi connectivity index (χ0v) is 16.4. The molecule has 0 aromatic carbocycles. The molecule has 144 valence electrons. The van der Waals surface area contributed by atoms with E-state index >= 15 is 0 Å². The van der Waals surface area contributed by atoms with Crippen LogP contribution in [0.4, 0.5) is 0 Å². The average Bonchev–Trinajstić information content (AvgIpc) is 3.08. The van der Waals surface area contributed by atoms with Gasteiger partial charge in [0.25, 0.3) is 0 Å². The summed E-state index contributed by atoms with van der Waals surface area (Å²) in [7, 11) is -0.277. The molecule has 1 unspecified atom stereocenters. The largest absolute Gasteiger partial charge is 0.393 e. The van der Waals surface area contributed by atoms with E-state index in [4.69, 9.17) is 4.74 Å². The minimum absolute atomic E-state index is 0.0974. The molecule has 0 amide bonds. The zero-order valence-electron chi connectivity index (χ0n) is 15.5. The third-order valence-electron chi connectivity index (χ3n) is 4.25. The van der Waals surface area contributed by atoms with Gasteiger partial charge in [-0.05, 0) is 29.4 Å². The van der Waals surface area contributed by atoms with Crippen molar-refractivity contribution in [2.45, 2.75) is 83.7 Å². The van der Waals surface area contributed by atoms with Crippen molar-refractivity contribution in [3.8, 4) is 0 Å². The summed E-state index contributed by atoms with van der Waals surface area (Å²) in [5.41, 5.74) is 0. The van der Waals surface area contributed by atoms with Gasteiger partial charge in [-0.2, -0.15) is 0 Å². The molecule has 5 heteroatoms. The van der Waals surface area contributed by atoms with E-state index in [1.807, 2.05) is 12.2 Å². The quantitative estimate of drug-likeness (QED) is 0.200. The number of thiol groups is 1. The second-order valence-electron chi connectivity index (χ2n) is 6.64. The molecule has 0 fully saturated rings. The van der Waals surface area contributed by atoms with Crippen LogP contribution in [0.5, 0.6) is 0 Å². The van der Waals surface area contributed by atoms with Gasteiger partial charge >= 0.3 is 11.9 Å². The lowest BCUT2D eigenvalue weighted by atomic mass is 10.1. The average molecular weight is 371 g/mol. The Labute approximate surface area is 155 Å². The number of aliphatic hydroxyl groups is 1. The molecule has 0 aromatic heterocycles. The topological polar surface area (TPSA) is 63.6 Å². The van der Waals surface area contributed by atoms with E-state index in [0.717, 1.165) is 25.0 Å². The molecule has 1 atom stereocenters. The molecule has 1 heterocycles. The SMILES string of the molecule is CCCCCCCCCCC(=O)OC(=O)CC(O)CC[SH]1C=CC=C1. The van der Waals surface area contributed by atoms with Gasteiger partial charge in [0, 0.05) is 6.42 Å². The number of unbranched alkanes of at least 4 members (excludes halogenated alkanes) is 7. The monoisotopic (exact) mass is 370 g/mol. The Morgan fingerprint density at radius 3 is 2.20 bits per heavy atom. The van der Waals surface area contributed by atoms with Gasteiger partial charge in [0.05, 0.1) is 12.5 Å². The van der Waals surface area contributed by atoms with Crippen LogP contribution in [0.25, 0.3) is 0 Å². The first-order valence-electron chi connectivity index (χ1n) is 9.64. The molecule has 1 aliphatic rings. The van der Waals surface area contributed by atoms with Crippen LogP contribution in [-0.4, -0.2) is 28.9 Å². The number of aliphatic hydroxyl groups excluding tert-OH is 1. The Hall–Kier alpha value is -1.07. The van der Waals surface area contributed by atoms with E-state index in [1.54, 1.807) is 0 Å². The van der Waals surface area contributed by atoms with E-state index in [-0.39, 0.29) is 23.7 Å². The maximum atomic E-state index is 11.7. The molecular weight excluding hydrogens is 336 g/mol. The summed E-state index contributed by atoms with van der Waals surface area (Å²) >= 11 is 0. The Morgan fingerprint density at radius 1 is 0.960 bits per heavy atom. The zero-order chi connectivity index (χ0) is 18.3. The number of ether oxygens (including phenoxy) is 1. The van der Waals surface area contributed by atoms with Crippen LogP contribution in [0.15, 0.2) is 23.0 Å². The first-order chi connectivity index (χ1) is 12.1. The molecule has 1 N–H and O–H groups in total. The number of esters is 2. The molecule has 0 aromatic rings. The van der Waals surface area contributed by atoms with Crippen LogP contribution in [0.2, 0.25) is 0 Å². The van der Waals surface area contributed by atoms with Gasteiger partial charge in [-0.25, -0.2) is 10.9 Å². The highest BCUT2D eigenvalue weighted by Crippen LogP contribution is 2.33. The van der Waals surface area contributed by atoms with Crippen molar-refractivity contribution in [3.05, 3.63) is 23.0 Å². The predicted molar refractivity (Wildman–Crippen MR) is 106 cm³/mol. The van der Waals surface area contributed by atoms with E-state index in [0.29, 0.717) is 6.42 Å². The maximum absolute atomic E-state index is 11.7. The van der Waals surface area contributed by atoms with Gasteiger partial charge in [0.1, 0.15) is 0 Å². The third kappa shape index (κ3) is 12.0. The first-order valence-corrected chi connectivity index (χ1v) is 11.3. The van der Waals surface area contributed by atoms with Gasteiger partial charge < -0.3 is 9.84 Å². The van der Waals surface area contributed by atoms with Gasteiger partial charge in [0.2, 0.25) is 0 Å². The predicted octanol–water partition coefficient (Wildman–Crippen LogP) is 4.77. The number of allylic oxidation sites excluding steroid dienone is 2. The lowest BCUT2D eigenvalue weighted by Gasteiger charge is -2.13. The van der Waals surface area contributed by atoms with E-state index < -0.39 is 18.0 Å². The summed E-state index contributed by atoms with van der Waals surface area (Å²) in [5, 5.41) is 14.1. The number of hydrogen-bond acceptors (Lipinski definition) is 4. The Balaban J connectivity index is 1.98. The molecule has 1 rings (SSSR count). The maximum Gasteiger partial charge on any atom is 0.316 e. The Morgan fingerprint density at radius 2 is 1.56 bits per heavy atom. The number of carbonyl (C=O) groups excluding carboxylic acids is 2. The Kier molecular flexibility index (Phi) is 12.4. The van der Waals surface area contributed by atoms with Crippen molar-refractivity contribution in [2.75, 3.05) is 5.75 Å². The van der Waals surface area contributed by atoms with Crippen molar-refractivity contribution < 1.29 is 19.4 Å². The molecule has 25 heavy (non-hydrogen) atoms. The van der Waals surface area contributed by atoms with Crippen molar-refractivity contribution in [3.63, 3.8) is 0 Å². The fourth-order valence-electron chi connectivity index (χ4n) is 2.73. The lowest BCUT2D eigenvalue weighted by molar-refractivity contribution is -0.160. The molecule has 1 aliphatic heterocycles.